The van der Waals surface area contributed by atoms with Gasteiger partial charge < -0.3 is 25.0 Å². The molecule has 0 aliphatic carbocycles. The molecule has 1 aromatic carbocycles. The summed E-state index contributed by atoms with van der Waals surface area (Å²) in [5.74, 6) is 1.48. The summed E-state index contributed by atoms with van der Waals surface area (Å²) < 4.78 is 11.8. The van der Waals surface area contributed by atoms with E-state index in [1.165, 1.54) is 0 Å². The van der Waals surface area contributed by atoms with Gasteiger partial charge >= 0.3 is 0 Å². The lowest BCUT2D eigenvalue weighted by molar-refractivity contribution is -0.127. The number of rotatable bonds is 5. The quantitative estimate of drug-likeness (QED) is 0.358. The number of benzene rings is 1. The van der Waals surface area contributed by atoms with E-state index in [2.05, 4.69) is 35.5 Å². The average molecular weight is 516 g/mol. The number of aliphatic imine (C=N–C) groups is 1. The highest BCUT2D eigenvalue weighted by Gasteiger charge is 2.34. The van der Waals surface area contributed by atoms with Crippen LogP contribution in [0.15, 0.2) is 29.3 Å². The van der Waals surface area contributed by atoms with E-state index in [-0.39, 0.29) is 54.2 Å². The molecule has 2 aliphatic rings. The van der Waals surface area contributed by atoms with Gasteiger partial charge in [0.1, 0.15) is 17.9 Å². The molecule has 2 heterocycles. The molecule has 1 saturated heterocycles. The molecular weight excluding hydrogens is 483 g/mol. The molecule has 1 amide bonds. The minimum Gasteiger partial charge on any atom is -0.487 e. The largest absolute Gasteiger partial charge is 0.487 e. The van der Waals surface area contributed by atoms with Crippen molar-refractivity contribution < 1.29 is 14.3 Å². The Hall–Kier alpha value is -1.55. The van der Waals surface area contributed by atoms with Crippen molar-refractivity contribution in [3.05, 3.63) is 29.8 Å². The van der Waals surface area contributed by atoms with Crippen LogP contribution in [-0.4, -0.2) is 62.3 Å². The van der Waals surface area contributed by atoms with Crippen molar-refractivity contribution in [3.63, 3.8) is 0 Å². The Bertz CT molecular complexity index is 718. The number of hydrogen-bond acceptors (Lipinski definition) is 4. The number of para-hydroxylation sites is 1. The van der Waals surface area contributed by atoms with Gasteiger partial charge in [-0.25, -0.2) is 4.99 Å². The summed E-state index contributed by atoms with van der Waals surface area (Å²) in [5.41, 5.74) is 0.817. The molecule has 2 aliphatic heterocycles. The van der Waals surface area contributed by atoms with Crippen LogP contribution in [0.25, 0.3) is 0 Å². The van der Waals surface area contributed by atoms with Gasteiger partial charge in [-0.15, -0.1) is 24.0 Å². The van der Waals surface area contributed by atoms with Crippen molar-refractivity contribution in [1.29, 1.82) is 0 Å². The van der Waals surface area contributed by atoms with Gasteiger partial charge in [-0.1, -0.05) is 18.2 Å². The molecule has 29 heavy (non-hydrogen) atoms. The van der Waals surface area contributed by atoms with Crippen molar-refractivity contribution in [2.75, 3.05) is 33.8 Å². The van der Waals surface area contributed by atoms with Gasteiger partial charge in [0.2, 0.25) is 5.91 Å². The van der Waals surface area contributed by atoms with Crippen LogP contribution in [-0.2, 0) is 9.53 Å². The second-order valence-corrected chi connectivity index (χ2v) is 8.27. The van der Waals surface area contributed by atoms with Gasteiger partial charge in [0.15, 0.2) is 5.96 Å². The summed E-state index contributed by atoms with van der Waals surface area (Å²) in [7, 11) is 3.48. The highest BCUT2D eigenvalue weighted by Crippen LogP contribution is 2.39. The van der Waals surface area contributed by atoms with Crippen LogP contribution < -0.4 is 15.4 Å². The van der Waals surface area contributed by atoms with E-state index >= 15 is 0 Å². The standard InChI is InChI=1S/C21H32N4O3.HI/c1-21(2)12-17(16-9-5-6-10-18(16)28-21)24-20(23-14-19(26)25(3)4)22-13-15-8-7-11-27-15;/h5-6,9-10,15,17H,7-8,11-14H2,1-4H3,(H2,22,23,24);1H. The van der Waals surface area contributed by atoms with Gasteiger partial charge in [-0.05, 0) is 32.8 Å². The van der Waals surface area contributed by atoms with E-state index in [4.69, 9.17) is 9.47 Å². The molecule has 2 unspecified atom stereocenters. The van der Waals surface area contributed by atoms with Crippen LogP contribution in [0.4, 0.5) is 0 Å². The molecule has 7 nitrogen and oxygen atoms in total. The van der Waals surface area contributed by atoms with Crippen molar-refractivity contribution in [1.82, 2.24) is 15.5 Å². The van der Waals surface area contributed by atoms with Gasteiger partial charge in [0.25, 0.3) is 0 Å². The minimum atomic E-state index is -0.287. The first kappa shape index (κ1) is 23.7. The van der Waals surface area contributed by atoms with Gasteiger partial charge in [-0.3, -0.25) is 4.79 Å². The molecular formula is C21H33IN4O3. The molecule has 0 spiro atoms. The van der Waals surface area contributed by atoms with E-state index in [1.54, 1.807) is 19.0 Å². The molecule has 1 aromatic rings. The van der Waals surface area contributed by atoms with Gasteiger partial charge in [-0.2, -0.15) is 0 Å². The van der Waals surface area contributed by atoms with E-state index in [9.17, 15) is 4.79 Å². The lowest BCUT2D eigenvalue weighted by Crippen LogP contribution is -2.47. The first-order valence-corrected chi connectivity index (χ1v) is 9.98. The molecule has 2 atom stereocenters. The summed E-state index contributed by atoms with van der Waals surface area (Å²) >= 11 is 0. The minimum absolute atomic E-state index is 0. The van der Waals surface area contributed by atoms with Crippen LogP contribution >= 0.6 is 24.0 Å². The molecule has 2 N–H and O–H groups in total. The first-order chi connectivity index (χ1) is 13.3. The summed E-state index contributed by atoms with van der Waals surface area (Å²) in [4.78, 5) is 18.1. The van der Waals surface area contributed by atoms with Crippen molar-refractivity contribution in [3.8, 4) is 5.75 Å². The zero-order valence-electron chi connectivity index (χ0n) is 17.7. The fourth-order valence-corrected chi connectivity index (χ4v) is 3.55. The number of carbonyl (C=O) groups excluding carboxylic acids is 1. The van der Waals surface area contributed by atoms with Gasteiger partial charge in [0, 0.05) is 39.2 Å². The highest BCUT2D eigenvalue weighted by molar-refractivity contribution is 14.0. The lowest BCUT2D eigenvalue weighted by atomic mass is 9.90. The Morgan fingerprint density at radius 1 is 1.31 bits per heavy atom. The van der Waals surface area contributed by atoms with Crippen LogP contribution in [0, 0.1) is 0 Å². The molecule has 0 radical (unpaired) electrons. The number of nitrogens with one attached hydrogen (secondary N) is 2. The third kappa shape index (κ3) is 6.74. The van der Waals surface area contributed by atoms with Crippen LogP contribution in [0.3, 0.4) is 0 Å². The second-order valence-electron chi connectivity index (χ2n) is 8.27. The Morgan fingerprint density at radius 2 is 2.07 bits per heavy atom. The van der Waals surface area contributed by atoms with E-state index in [1.807, 2.05) is 18.2 Å². The first-order valence-electron chi connectivity index (χ1n) is 9.98. The number of halogens is 1. The molecule has 1 fully saturated rings. The molecule has 0 bridgehead atoms. The fourth-order valence-electron chi connectivity index (χ4n) is 3.55. The smallest absolute Gasteiger partial charge is 0.243 e. The second kappa shape index (κ2) is 10.5. The number of likely N-dealkylation sites (N-methyl/N-ethyl adjacent to an activating group) is 1. The number of carbonyl (C=O) groups is 1. The fraction of sp³-hybridized carbons (Fsp3) is 0.619. The Labute approximate surface area is 190 Å². The third-order valence-corrected chi connectivity index (χ3v) is 5.08. The summed E-state index contributed by atoms with van der Waals surface area (Å²) in [6.45, 7) is 5.76. The Balaban J connectivity index is 0.00000300. The summed E-state index contributed by atoms with van der Waals surface area (Å²) in [6, 6.07) is 8.12. The maximum Gasteiger partial charge on any atom is 0.243 e. The van der Waals surface area contributed by atoms with E-state index in [0.717, 1.165) is 37.2 Å². The number of ether oxygens (including phenoxy) is 2. The highest BCUT2D eigenvalue weighted by atomic mass is 127. The topological polar surface area (TPSA) is 75.2 Å². The average Bonchev–Trinajstić information content (AvgIpc) is 3.16. The zero-order valence-corrected chi connectivity index (χ0v) is 20.1. The number of fused-ring (bicyclic) bond motifs is 1. The Morgan fingerprint density at radius 3 is 2.76 bits per heavy atom. The van der Waals surface area contributed by atoms with Crippen molar-refractivity contribution >= 4 is 35.8 Å². The van der Waals surface area contributed by atoms with Gasteiger partial charge in [0.05, 0.1) is 12.1 Å². The number of guanidine groups is 1. The maximum absolute atomic E-state index is 12.0. The van der Waals surface area contributed by atoms with Crippen LogP contribution in [0.5, 0.6) is 5.75 Å². The van der Waals surface area contributed by atoms with Crippen LogP contribution in [0.2, 0.25) is 0 Å². The van der Waals surface area contributed by atoms with Crippen LogP contribution in [0.1, 0.15) is 44.7 Å². The Kier molecular flexibility index (Phi) is 8.57. The molecule has 162 valence electrons. The normalized spacial score (nSPS) is 22.7. The SMILES string of the molecule is CN(C)C(=O)CN=C(NCC1CCCO1)NC1CC(C)(C)Oc2ccccc21.I. The third-order valence-electron chi connectivity index (χ3n) is 5.08. The predicted molar refractivity (Wildman–Crippen MR) is 125 cm³/mol. The monoisotopic (exact) mass is 516 g/mol. The predicted octanol–water partition coefficient (Wildman–Crippen LogP) is 2.71. The molecule has 8 heteroatoms. The lowest BCUT2D eigenvalue weighted by Gasteiger charge is -2.38. The summed E-state index contributed by atoms with van der Waals surface area (Å²) in [5, 5.41) is 6.88. The van der Waals surface area contributed by atoms with Crippen molar-refractivity contribution in [2.45, 2.75) is 50.9 Å². The number of hydrogen-bond donors (Lipinski definition) is 2. The summed E-state index contributed by atoms with van der Waals surface area (Å²) in [6.07, 6.45) is 3.12. The number of amides is 1. The van der Waals surface area contributed by atoms with Crippen molar-refractivity contribution in [2.24, 2.45) is 4.99 Å². The molecule has 0 aromatic heterocycles. The maximum atomic E-state index is 12.0. The van der Waals surface area contributed by atoms with E-state index < -0.39 is 0 Å². The zero-order chi connectivity index (χ0) is 20.1. The van der Waals surface area contributed by atoms with E-state index in [0.29, 0.717) is 12.5 Å². The molecule has 0 saturated carbocycles. The number of nitrogens with zero attached hydrogens (tertiary/aromatic N) is 2. The molecule has 3 rings (SSSR count).